The standard InChI is InChI=1S/C13H28BrN3O2Si/c1-12(18-4)17(16(3)10-13(14)15-2)11-19-8-9-20(5,6)7/h10,12H,2,8-9,11H2,1,3-7H3/b13-10-. The summed E-state index contributed by atoms with van der Waals surface area (Å²) in [6.07, 6.45) is 1.73. The van der Waals surface area contributed by atoms with E-state index in [1.165, 1.54) is 0 Å². The minimum Gasteiger partial charge on any atom is -0.365 e. The van der Waals surface area contributed by atoms with Crippen molar-refractivity contribution in [3.63, 3.8) is 0 Å². The highest BCUT2D eigenvalue weighted by Gasteiger charge is 2.18. The van der Waals surface area contributed by atoms with Crippen LogP contribution in [0.15, 0.2) is 15.8 Å². The fourth-order valence-electron chi connectivity index (χ4n) is 1.38. The molecule has 0 spiro atoms. The number of halogens is 1. The monoisotopic (exact) mass is 365 g/mol. The van der Waals surface area contributed by atoms with Gasteiger partial charge in [0.1, 0.15) is 17.6 Å². The van der Waals surface area contributed by atoms with Gasteiger partial charge in [0.05, 0.1) is 0 Å². The molecule has 1 atom stereocenters. The summed E-state index contributed by atoms with van der Waals surface area (Å²) in [7, 11) is 2.54. The lowest BCUT2D eigenvalue weighted by atomic mass is 10.6. The predicted octanol–water partition coefficient (Wildman–Crippen LogP) is 3.33. The fourth-order valence-corrected chi connectivity index (χ4v) is 2.43. The lowest BCUT2D eigenvalue weighted by Gasteiger charge is -2.34. The summed E-state index contributed by atoms with van der Waals surface area (Å²) < 4.78 is 11.8. The normalized spacial score (nSPS) is 14.5. The molecule has 0 saturated heterocycles. The number of nitrogens with zero attached hydrogens (tertiary/aromatic N) is 3. The number of methoxy groups -OCH3 is 1. The SMILES string of the molecule is C=N/C(Br)=C\N(C)N(COCC[Si](C)(C)C)C(C)OC. The number of hydrogen-bond donors (Lipinski definition) is 0. The highest BCUT2D eigenvalue weighted by atomic mass is 79.9. The molecule has 5 nitrogen and oxygen atoms in total. The van der Waals surface area contributed by atoms with Gasteiger partial charge in [0.2, 0.25) is 0 Å². The Morgan fingerprint density at radius 2 is 2.05 bits per heavy atom. The van der Waals surface area contributed by atoms with Crippen LogP contribution in [0.5, 0.6) is 0 Å². The van der Waals surface area contributed by atoms with Gasteiger partial charge in [-0.2, -0.15) is 5.01 Å². The Labute approximate surface area is 132 Å². The van der Waals surface area contributed by atoms with Gasteiger partial charge in [-0.25, -0.2) is 0 Å². The highest BCUT2D eigenvalue weighted by molar-refractivity contribution is 9.11. The van der Waals surface area contributed by atoms with Crippen molar-refractivity contribution in [2.24, 2.45) is 4.99 Å². The minimum absolute atomic E-state index is 0.0896. The van der Waals surface area contributed by atoms with Gasteiger partial charge in [0, 0.05) is 35.0 Å². The molecule has 0 radical (unpaired) electrons. The van der Waals surface area contributed by atoms with Crippen LogP contribution in [0, 0.1) is 0 Å². The van der Waals surface area contributed by atoms with Gasteiger partial charge in [-0.15, -0.1) is 0 Å². The van der Waals surface area contributed by atoms with Gasteiger partial charge in [0.15, 0.2) is 0 Å². The summed E-state index contributed by atoms with van der Waals surface area (Å²) >= 11 is 3.31. The second-order valence-corrected chi connectivity index (χ2v) is 12.2. The maximum atomic E-state index is 5.78. The average Bonchev–Trinajstić information content (AvgIpc) is 2.36. The molecule has 0 aliphatic carbocycles. The average molecular weight is 366 g/mol. The summed E-state index contributed by atoms with van der Waals surface area (Å²) in [6.45, 7) is 13.7. The molecule has 1 unspecified atom stereocenters. The maximum absolute atomic E-state index is 5.78. The van der Waals surface area contributed by atoms with Gasteiger partial charge in [-0.3, -0.25) is 4.99 Å². The molecule has 0 aliphatic rings. The van der Waals surface area contributed by atoms with Gasteiger partial charge >= 0.3 is 0 Å². The first-order chi connectivity index (χ1) is 9.21. The van der Waals surface area contributed by atoms with Crippen LogP contribution in [0.2, 0.25) is 25.7 Å². The molecule has 0 aliphatic heterocycles. The molecule has 0 N–H and O–H groups in total. The summed E-state index contributed by atoms with van der Waals surface area (Å²) in [5.41, 5.74) is 0. The van der Waals surface area contributed by atoms with E-state index in [0.29, 0.717) is 11.3 Å². The first-order valence-corrected chi connectivity index (χ1v) is 11.1. The fraction of sp³-hybridized carbons (Fsp3) is 0.769. The van der Waals surface area contributed by atoms with Crippen LogP contribution in [-0.2, 0) is 9.47 Å². The van der Waals surface area contributed by atoms with Crippen LogP contribution in [0.1, 0.15) is 6.92 Å². The van der Waals surface area contributed by atoms with Crippen LogP contribution in [-0.4, -0.2) is 58.5 Å². The molecule has 0 aromatic rings. The van der Waals surface area contributed by atoms with Crippen molar-refractivity contribution < 1.29 is 9.47 Å². The molecule has 0 rings (SSSR count). The summed E-state index contributed by atoms with van der Waals surface area (Å²) in [6, 6.07) is 1.15. The van der Waals surface area contributed by atoms with Crippen molar-refractivity contribution in [2.45, 2.75) is 38.8 Å². The van der Waals surface area contributed by atoms with E-state index in [0.717, 1.165) is 12.7 Å². The zero-order chi connectivity index (χ0) is 15.8. The lowest BCUT2D eigenvalue weighted by Crippen LogP contribution is -2.45. The van der Waals surface area contributed by atoms with Gasteiger partial charge in [-0.05, 0) is 35.6 Å². The smallest absolute Gasteiger partial charge is 0.126 e. The number of hydrogen-bond acceptors (Lipinski definition) is 5. The Balaban J connectivity index is 4.47. The Kier molecular flexibility index (Phi) is 9.57. The number of hydrazine groups is 1. The van der Waals surface area contributed by atoms with Crippen molar-refractivity contribution in [3.8, 4) is 0 Å². The van der Waals surface area contributed by atoms with Gasteiger partial charge in [0.25, 0.3) is 0 Å². The second kappa shape index (κ2) is 9.67. The van der Waals surface area contributed by atoms with Gasteiger partial charge < -0.3 is 14.5 Å². The lowest BCUT2D eigenvalue weighted by molar-refractivity contribution is -0.163. The Morgan fingerprint density at radius 3 is 2.50 bits per heavy atom. The van der Waals surface area contributed by atoms with Gasteiger partial charge in [-0.1, -0.05) is 19.6 Å². The third-order valence-corrected chi connectivity index (χ3v) is 4.99. The highest BCUT2D eigenvalue weighted by Crippen LogP contribution is 2.12. The predicted molar refractivity (Wildman–Crippen MR) is 91.6 cm³/mol. The molecule has 0 heterocycles. The summed E-state index contributed by atoms with van der Waals surface area (Å²) in [5.74, 6) is 0. The maximum Gasteiger partial charge on any atom is 0.126 e. The van der Waals surface area contributed by atoms with Crippen LogP contribution in [0.4, 0.5) is 0 Å². The van der Waals surface area contributed by atoms with E-state index in [9.17, 15) is 0 Å². The molecular formula is C13H28BrN3O2Si. The number of ether oxygens (including phenoxy) is 2. The van der Waals surface area contributed by atoms with E-state index in [2.05, 4.69) is 47.3 Å². The molecule has 0 bridgehead atoms. The first-order valence-electron chi connectivity index (χ1n) is 6.65. The summed E-state index contributed by atoms with van der Waals surface area (Å²) in [5, 5.41) is 3.86. The van der Waals surface area contributed by atoms with E-state index in [4.69, 9.17) is 9.47 Å². The zero-order valence-corrected chi connectivity index (χ0v) is 16.1. The number of aliphatic imine (C=N–C) groups is 1. The third kappa shape index (κ3) is 8.86. The molecule has 0 aromatic carbocycles. The molecule has 0 aromatic heterocycles. The topological polar surface area (TPSA) is 37.3 Å². The van der Waals surface area contributed by atoms with Crippen molar-refractivity contribution in [2.75, 3.05) is 27.5 Å². The molecule has 0 saturated carbocycles. The molecule has 0 fully saturated rings. The molecule has 7 heteroatoms. The molecule has 20 heavy (non-hydrogen) atoms. The van der Waals surface area contributed by atoms with E-state index in [1.54, 1.807) is 7.11 Å². The van der Waals surface area contributed by atoms with Crippen LogP contribution in [0.25, 0.3) is 0 Å². The van der Waals surface area contributed by atoms with Crippen LogP contribution < -0.4 is 0 Å². The quantitative estimate of drug-likeness (QED) is 0.148. The third-order valence-electron chi connectivity index (χ3n) is 2.83. The van der Waals surface area contributed by atoms with Crippen molar-refractivity contribution in [1.29, 1.82) is 0 Å². The van der Waals surface area contributed by atoms with E-state index >= 15 is 0 Å². The Bertz CT molecular complexity index is 321. The van der Waals surface area contributed by atoms with Crippen molar-refractivity contribution >= 4 is 30.7 Å². The minimum atomic E-state index is -1.05. The Hall–Kier alpha value is -0.213. The number of rotatable bonds is 10. The summed E-state index contributed by atoms with van der Waals surface area (Å²) in [4.78, 5) is 3.81. The first kappa shape index (κ1) is 19.8. The van der Waals surface area contributed by atoms with Crippen molar-refractivity contribution in [1.82, 2.24) is 10.0 Å². The van der Waals surface area contributed by atoms with Crippen LogP contribution in [0.3, 0.4) is 0 Å². The molecular weight excluding hydrogens is 338 g/mol. The van der Waals surface area contributed by atoms with E-state index < -0.39 is 8.07 Å². The Morgan fingerprint density at radius 1 is 1.45 bits per heavy atom. The zero-order valence-electron chi connectivity index (χ0n) is 13.5. The van der Waals surface area contributed by atoms with E-state index in [-0.39, 0.29) is 6.23 Å². The largest absolute Gasteiger partial charge is 0.365 e. The molecule has 118 valence electrons. The van der Waals surface area contributed by atoms with Crippen molar-refractivity contribution in [3.05, 3.63) is 10.8 Å². The van der Waals surface area contributed by atoms with E-state index in [1.807, 2.05) is 30.2 Å². The second-order valence-electron chi connectivity index (χ2n) is 5.81. The van der Waals surface area contributed by atoms with Crippen LogP contribution >= 0.6 is 15.9 Å². The molecule has 0 amide bonds.